The van der Waals surface area contributed by atoms with E-state index in [0.717, 1.165) is 29.8 Å². The van der Waals surface area contributed by atoms with Gasteiger partial charge in [-0.25, -0.2) is 0 Å². The maximum atomic E-state index is 5.68. The summed E-state index contributed by atoms with van der Waals surface area (Å²) in [6.45, 7) is 4.18. The number of aromatic nitrogens is 2. The molecule has 18 heavy (non-hydrogen) atoms. The third kappa shape index (κ3) is 3.34. The quantitative estimate of drug-likeness (QED) is 0.849. The van der Waals surface area contributed by atoms with Crippen LogP contribution in [0.2, 0.25) is 0 Å². The van der Waals surface area contributed by atoms with E-state index in [1.165, 1.54) is 0 Å². The van der Waals surface area contributed by atoms with Gasteiger partial charge in [-0.15, -0.1) is 0 Å². The minimum atomic E-state index is 0.558. The molecule has 2 rings (SSSR count). The summed E-state index contributed by atoms with van der Waals surface area (Å²) in [5.41, 5.74) is 7.82. The van der Waals surface area contributed by atoms with Gasteiger partial charge < -0.3 is 10.5 Å². The van der Waals surface area contributed by atoms with Gasteiger partial charge in [-0.1, -0.05) is 31.2 Å². The Morgan fingerprint density at radius 3 is 2.61 bits per heavy atom. The zero-order valence-corrected chi connectivity index (χ0v) is 10.7. The third-order valence-electron chi connectivity index (χ3n) is 2.73. The molecule has 2 N–H and O–H groups in total. The monoisotopic (exact) mass is 245 g/mol. The third-order valence-corrected chi connectivity index (χ3v) is 2.73. The summed E-state index contributed by atoms with van der Waals surface area (Å²) in [4.78, 5) is 0. The van der Waals surface area contributed by atoms with Gasteiger partial charge in [-0.3, -0.25) is 4.68 Å². The van der Waals surface area contributed by atoms with E-state index in [9.17, 15) is 0 Å². The maximum Gasteiger partial charge on any atom is 0.157 e. The minimum absolute atomic E-state index is 0.558. The lowest BCUT2D eigenvalue weighted by Crippen LogP contribution is -1.98. The standard InChI is InChI=1S/C14H19N3O/c1-2-7-17-10-14(9-16-17)18-11-13-5-3-12(8-15)4-6-13/h3-6,9-10H,2,7-8,11,15H2,1H3. The maximum absolute atomic E-state index is 5.68. The number of hydrogen-bond acceptors (Lipinski definition) is 3. The average molecular weight is 245 g/mol. The Bertz CT molecular complexity index is 476. The second-order valence-corrected chi connectivity index (χ2v) is 4.25. The molecule has 0 bridgehead atoms. The fraction of sp³-hybridized carbons (Fsp3) is 0.357. The Balaban J connectivity index is 1.89. The Labute approximate surface area is 107 Å². The van der Waals surface area contributed by atoms with E-state index < -0.39 is 0 Å². The van der Waals surface area contributed by atoms with Crippen molar-refractivity contribution in [2.75, 3.05) is 0 Å². The number of rotatable bonds is 6. The van der Waals surface area contributed by atoms with Crippen LogP contribution in [-0.4, -0.2) is 9.78 Å². The first kappa shape index (κ1) is 12.6. The molecular weight excluding hydrogens is 226 g/mol. The van der Waals surface area contributed by atoms with Gasteiger partial charge in [-0.2, -0.15) is 5.10 Å². The molecule has 1 aromatic carbocycles. The molecule has 0 aliphatic carbocycles. The lowest BCUT2D eigenvalue weighted by Gasteiger charge is -2.04. The van der Waals surface area contributed by atoms with Crippen molar-refractivity contribution >= 4 is 0 Å². The zero-order valence-electron chi connectivity index (χ0n) is 10.7. The Morgan fingerprint density at radius 2 is 1.94 bits per heavy atom. The van der Waals surface area contributed by atoms with Gasteiger partial charge in [0.05, 0.1) is 12.4 Å². The predicted molar refractivity (Wildman–Crippen MR) is 71.2 cm³/mol. The van der Waals surface area contributed by atoms with Crippen molar-refractivity contribution in [2.24, 2.45) is 5.73 Å². The summed E-state index contributed by atoms with van der Waals surface area (Å²) in [5, 5.41) is 4.22. The van der Waals surface area contributed by atoms with Crippen LogP contribution in [0.25, 0.3) is 0 Å². The molecule has 0 radical (unpaired) electrons. The van der Waals surface area contributed by atoms with Gasteiger partial charge in [0.2, 0.25) is 0 Å². The van der Waals surface area contributed by atoms with Gasteiger partial charge in [0.1, 0.15) is 6.61 Å². The number of ether oxygens (including phenoxy) is 1. The largest absolute Gasteiger partial charge is 0.486 e. The van der Waals surface area contributed by atoms with Crippen LogP contribution < -0.4 is 10.5 Å². The van der Waals surface area contributed by atoms with E-state index in [-0.39, 0.29) is 0 Å². The lowest BCUT2D eigenvalue weighted by molar-refractivity contribution is 0.305. The van der Waals surface area contributed by atoms with E-state index in [1.807, 2.05) is 35.1 Å². The molecular formula is C14H19N3O. The Morgan fingerprint density at radius 1 is 1.22 bits per heavy atom. The predicted octanol–water partition coefficient (Wildman–Crippen LogP) is 2.33. The first-order chi connectivity index (χ1) is 8.81. The smallest absolute Gasteiger partial charge is 0.157 e. The number of hydrogen-bond donors (Lipinski definition) is 1. The summed E-state index contributed by atoms with van der Waals surface area (Å²) < 4.78 is 7.57. The van der Waals surface area contributed by atoms with Crippen molar-refractivity contribution in [2.45, 2.75) is 33.0 Å². The highest BCUT2D eigenvalue weighted by Crippen LogP contribution is 2.12. The molecule has 0 saturated carbocycles. The van der Waals surface area contributed by atoms with E-state index in [4.69, 9.17) is 10.5 Å². The zero-order chi connectivity index (χ0) is 12.8. The van der Waals surface area contributed by atoms with E-state index >= 15 is 0 Å². The van der Waals surface area contributed by atoms with E-state index in [2.05, 4.69) is 12.0 Å². The first-order valence-electron chi connectivity index (χ1n) is 6.25. The molecule has 0 saturated heterocycles. The molecule has 2 aromatic rings. The van der Waals surface area contributed by atoms with Crippen LogP contribution in [0.5, 0.6) is 5.75 Å². The Hall–Kier alpha value is -1.81. The second kappa shape index (κ2) is 6.21. The van der Waals surface area contributed by atoms with Gasteiger partial charge in [0.25, 0.3) is 0 Å². The van der Waals surface area contributed by atoms with Crippen molar-refractivity contribution in [3.05, 3.63) is 47.8 Å². The second-order valence-electron chi connectivity index (χ2n) is 4.25. The van der Waals surface area contributed by atoms with Crippen LogP contribution in [0.15, 0.2) is 36.7 Å². The summed E-state index contributed by atoms with van der Waals surface area (Å²) in [7, 11) is 0. The molecule has 0 fully saturated rings. The van der Waals surface area contributed by atoms with Gasteiger partial charge in [-0.05, 0) is 17.5 Å². The van der Waals surface area contributed by atoms with Crippen LogP contribution in [0.4, 0.5) is 0 Å². The van der Waals surface area contributed by atoms with Gasteiger partial charge in [0, 0.05) is 13.1 Å². The summed E-state index contributed by atoms with van der Waals surface area (Å²) in [6.07, 6.45) is 4.75. The molecule has 4 nitrogen and oxygen atoms in total. The topological polar surface area (TPSA) is 53.1 Å². The van der Waals surface area contributed by atoms with Crippen LogP contribution in [0.1, 0.15) is 24.5 Å². The van der Waals surface area contributed by atoms with Gasteiger partial charge in [0.15, 0.2) is 5.75 Å². The molecule has 0 amide bonds. The van der Waals surface area contributed by atoms with Crippen molar-refractivity contribution in [3.63, 3.8) is 0 Å². The van der Waals surface area contributed by atoms with Crippen molar-refractivity contribution in [1.82, 2.24) is 9.78 Å². The molecule has 1 heterocycles. The number of nitrogens with zero attached hydrogens (tertiary/aromatic N) is 2. The van der Waals surface area contributed by atoms with Crippen LogP contribution in [-0.2, 0) is 19.7 Å². The van der Waals surface area contributed by atoms with Crippen LogP contribution in [0, 0.1) is 0 Å². The van der Waals surface area contributed by atoms with Crippen LogP contribution >= 0.6 is 0 Å². The van der Waals surface area contributed by atoms with Gasteiger partial charge >= 0.3 is 0 Å². The molecule has 1 aromatic heterocycles. The molecule has 0 aliphatic heterocycles. The highest BCUT2D eigenvalue weighted by Gasteiger charge is 2.00. The van der Waals surface area contributed by atoms with Crippen molar-refractivity contribution in [1.29, 1.82) is 0 Å². The molecule has 96 valence electrons. The molecule has 0 unspecified atom stereocenters. The Kier molecular flexibility index (Phi) is 4.36. The summed E-state index contributed by atoms with van der Waals surface area (Å²) >= 11 is 0. The fourth-order valence-corrected chi connectivity index (χ4v) is 1.71. The van der Waals surface area contributed by atoms with Crippen molar-refractivity contribution < 1.29 is 4.74 Å². The lowest BCUT2D eigenvalue weighted by atomic mass is 10.1. The molecule has 0 spiro atoms. The van der Waals surface area contributed by atoms with E-state index in [1.54, 1.807) is 6.20 Å². The van der Waals surface area contributed by atoms with E-state index in [0.29, 0.717) is 13.2 Å². The highest BCUT2D eigenvalue weighted by molar-refractivity contribution is 5.22. The van der Waals surface area contributed by atoms with Crippen molar-refractivity contribution in [3.8, 4) is 5.75 Å². The average Bonchev–Trinajstić information content (AvgIpc) is 2.85. The fourth-order valence-electron chi connectivity index (χ4n) is 1.71. The minimum Gasteiger partial charge on any atom is -0.486 e. The summed E-state index contributed by atoms with van der Waals surface area (Å²) in [5.74, 6) is 0.811. The first-order valence-corrected chi connectivity index (χ1v) is 6.25. The van der Waals surface area contributed by atoms with Crippen LogP contribution in [0.3, 0.4) is 0 Å². The molecule has 0 aliphatic rings. The SMILES string of the molecule is CCCn1cc(OCc2ccc(CN)cc2)cn1. The molecule has 0 atom stereocenters. The normalized spacial score (nSPS) is 10.6. The summed E-state index contributed by atoms with van der Waals surface area (Å²) in [6, 6.07) is 8.13. The molecule has 4 heteroatoms. The number of benzene rings is 1. The number of aryl methyl sites for hydroxylation is 1. The highest BCUT2D eigenvalue weighted by atomic mass is 16.5. The number of nitrogens with two attached hydrogens (primary N) is 1.